The van der Waals surface area contributed by atoms with Crippen molar-refractivity contribution in [3.8, 4) is 0 Å². The van der Waals surface area contributed by atoms with Gasteiger partial charge in [0, 0.05) is 12.1 Å². The Bertz CT molecular complexity index is 767. The molecule has 0 radical (unpaired) electrons. The SMILES string of the molecule is CCC(N)(CC)CNC(=O)C1(S(=O)(=O)c2cc(C)ccc2C)CCCC1.Cl. The second-order valence-electron chi connectivity index (χ2n) is 7.73. The van der Waals surface area contributed by atoms with Gasteiger partial charge in [0.2, 0.25) is 5.91 Å². The molecule has 0 heterocycles. The van der Waals surface area contributed by atoms with Crippen molar-refractivity contribution >= 4 is 28.2 Å². The molecule has 0 saturated heterocycles. The average Bonchev–Trinajstić information content (AvgIpc) is 3.13. The Kier molecular flexibility index (Phi) is 7.91. The van der Waals surface area contributed by atoms with E-state index in [0.29, 0.717) is 24.9 Å². The Morgan fingerprint density at radius 2 is 1.74 bits per heavy atom. The van der Waals surface area contributed by atoms with Crippen LogP contribution in [0.2, 0.25) is 0 Å². The number of hydrogen-bond acceptors (Lipinski definition) is 4. The van der Waals surface area contributed by atoms with Crippen LogP contribution in [0.3, 0.4) is 0 Å². The van der Waals surface area contributed by atoms with Gasteiger partial charge in [-0.2, -0.15) is 0 Å². The fraction of sp³-hybridized carbons (Fsp3) is 0.650. The van der Waals surface area contributed by atoms with E-state index in [1.807, 2.05) is 32.9 Å². The van der Waals surface area contributed by atoms with Crippen molar-refractivity contribution in [2.75, 3.05) is 6.54 Å². The Balaban J connectivity index is 0.00000364. The molecule has 1 aliphatic carbocycles. The molecule has 0 spiro atoms. The highest BCUT2D eigenvalue weighted by atomic mass is 35.5. The minimum Gasteiger partial charge on any atom is -0.353 e. The third-order valence-corrected chi connectivity index (χ3v) is 8.62. The summed E-state index contributed by atoms with van der Waals surface area (Å²) in [5.74, 6) is -0.396. The molecule has 1 amide bonds. The average molecular weight is 417 g/mol. The second-order valence-corrected chi connectivity index (χ2v) is 9.95. The highest BCUT2D eigenvalue weighted by Gasteiger charge is 2.53. The number of nitrogens with two attached hydrogens (primary N) is 1. The molecular weight excluding hydrogens is 384 g/mol. The lowest BCUT2D eigenvalue weighted by molar-refractivity contribution is -0.123. The first-order chi connectivity index (χ1) is 12.1. The number of rotatable bonds is 7. The van der Waals surface area contributed by atoms with Crippen LogP contribution in [-0.2, 0) is 14.6 Å². The van der Waals surface area contributed by atoms with Crippen molar-refractivity contribution in [2.24, 2.45) is 5.73 Å². The summed E-state index contributed by atoms with van der Waals surface area (Å²) in [6.45, 7) is 7.90. The van der Waals surface area contributed by atoms with Crippen LogP contribution in [0.25, 0.3) is 0 Å². The first-order valence-corrected chi connectivity index (χ1v) is 11.0. The summed E-state index contributed by atoms with van der Waals surface area (Å²) in [4.78, 5) is 13.4. The first kappa shape index (κ1) is 23.9. The molecule has 1 aliphatic rings. The standard InChI is InChI=1S/C20H32N2O3S.ClH/c1-5-19(21,6-2)14-22-18(23)20(11-7-8-12-20)26(24,25)17-13-15(3)9-10-16(17)4;/h9-10,13H,5-8,11-12,14,21H2,1-4H3,(H,22,23);1H. The molecule has 0 bridgehead atoms. The van der Waals surface area contributed by atoms with Crippen molar-refractivity contribution in [1.29, 1.82) is 0 Å². The molecule has 0 aliphatic heterocycles. The van der Waals surface area contributed by atoms with Gasteiger partial charge >= 0.3 is 0 Å². The van der Waals surface area contributed by atoms with Crippen LogP contribution in [0.4, 0.5) is 0 Å². The van der Waals surface area contributed by atoms with E-state index in [0.717, 1.165) is 31.2 Å². The van der Waals surface area contributed by atoms with Crippen LogP contribution in [0.5, 0.6) is 0 Å². The molecule has 1 fully saturated rings. The number of carbonyl (C=O) groups excluding carboxylic acids is 1. The summed E-state index contributed by atoms with van der Waals surface area (Å²) < 4.78 is 25.7. The van der Waals surface area contributed by atoms with Gasteiger partial charge in [-0.1, -0.05) is 38.8 Å². The minimum atomic E-state index is -3.79. The predicted octanol–water partition coefficient (Wildman–Crippen LogP) is 3.45. The largest absolute Gasteiger partial charge is 0.353 e. The van der Waals surface area contributed by atoms with E-state index in [1.165, 1.54) is 0 Å². The van der Waals surface area contributed by atoms with Gasteiger partial charge in [-0.15, -0.1) is 12.4 Å². The van der Waals surface area contributed by atoms with Crippen molar-refractivity contribution in [3.05, 3.63) is 29.3 Å². The maximum Gasteiger partial charge on any atom is 0.241 e. The Labute approximate surface area is 169 Å². The molecule has 2 rings (SSSR count). The minimum absolute atomic E-state index is 0. The number of benzene rings is 1. The maximum absolute atomic E-state index is 13.5. The maximum atomic E-state index is 13.5. The molecule has 1 aromatic carbocycles. The molecule has 0 unspecified atom stereocenters. The predicted molar refractivity (Wildman–Crippen MR) is 112 cm³/mol. The molecular formula is C20H33ClN2O3S. The normalized spacial score (nSPS) is 16.6. The van der Waals surface area contributed by atoms with E-state index in [9.17, 15) is 13.2 Å². The van der Waals surface area contributed by atoms with E-state index in [2.05, 4.69) is 5.32 Å². The highest BCUT2D eigenvalue weighted by Crippen LogP contribution is 2.41. The summed E-state index contributed by atoms with van der Waals surface area (Å²) in [6, 6.07) is 5.38. The molecule has 0 aromatic heterocycles. The van der Waals surface area contributed by atoms with E-state index >= 15 is 0 Å². The molecule has 1 saturated carbocycles. The second kappa shape index (κ2) is 8.93. The van der Waals surface area contributed by atoms with Gasteiger partial charge in [0.15, 0.2) is 14.6 Å². The van der Waals surface area contributed by atoms with Crippen molar-refractivity contribution < 1.29 is 13.2 Å². The van der Waals surface area contributed by atoms with Gasteiger partial charge in [0.05, 0.1) is 4.90 Å². The topological polar surface area (TPSA) is 89.3 Å². The van der Waals surface area contributed by atoms with Crippen molar-refractivity contribution in [2.45, 2.75) is 81.4 Å². The summed E-state index contributed by atoms with van der Waals surface area (Å²) in [5.41, 5.74) is 7.35. The van der Waals surface area contributed by atoms with Crippen LogP contribution in [0.15, 0.2) is 23.1 Å². The molecule has 154 valence electrons. The van der Waals surface area contributed by atoms with Crippen LogP contribution in [0.1, 0.15) is 63.5 Å². The van der Waals surface area contributed by atoms with Gasteiger partial charge in [-0.3, -0.25) is 4.79 Å². The Morgan fingerprint density at radius 1 is 1.19 bits per heavy atom. The monoisotopic (exact) mass is 416 g/mol. The van der Waals surface area contributed by atoms with Gasteiger partial charge in [-0.25, -0.2) is 8.42 Å². The smallest absolute Gasteiger partial charge is 0.241 e. The Morgan fingerprint density at radius 3 is 2.26 bits per heavy atom. The van der Waals surface area contributed by atoms with Gasteiger partial charge in [0.25, 0.3) is 0 Å². The zero-order valence-corrected chi connectivity index (χ0v) is 18.4. The Hall–Kier alpha value is -1.11. The van der Waals surface area contributed by atoms with Crippen LogP contribution in [0, 0.1) is 13.8 Å². The molecule has 3 N–H and O–H groups in total. The number of aryl methyl sites for hydroxylation is 2. The van der Waals surface area contributed by atoms with Crippen LogP contribution >= 0.6 is 12.4 Å². The van der Waals surface area contributed by atoms with Crippen molar-refractivity contribution in [1.82, 2.24) is 5.32 Å². The van der Waals surface area contributed by atoms with Gasteiger partial charge in [-0.05, 0) is 56.7 Å². The summed E-state index contributed by atoms with van der Waals surface area (Å²) in [5, 5.41) is 2.87. The third kappa shape index (κ3) is 4.49. The summed E-state index contributed by atoms with van der Waals surface area (Å²) in [7, 11) is -3.79. The number of nitrogens with one attached hydrogen (secondary N) is 1. The third-order valence-electron chi connectivity index (χ3n) is 5.98. The van der Waals surface area contributed by atoms with Crippen LogP contribution < -0.4 is 11.1 Å². The van der Waals surface area contributed by atoms with E-state index < -0.39 is 26.0 Å². The van der Waals surface area contributed by atoms with Gasteiger partial charge in [0.1, 0.15) is 0 Å². The zero-order chi connectivity index (χ0) is 19.6. The highest BCUT2D eigenvalue weighted by molar-refractivity contribution is 7.93. The van der Waals surface area contributed by atoms with Gasteiger partial charge < -0.3 is 11.1 Å². The number of hydrogen-bond donors (Lipinski definition) is 2. The zero-order valence-electron chi connectivity index (χ0n) is 16.8. The quantitative estimate of drug-likeness (QED) is 0.712. The molecule has 27 heavy (non-hydrogen) atoms. The molecule has 5 nitrogen and oxygen atoms in total. The van der Waals surface area contributed by atoms with E-state index in [1.54, 1.807) is 13.0 Å². The number of halogens is 1. The summed E-state index contributed by atoms with van der Waals surface area (Å²) in [6.07, 6.45) is 3.66. The lowest BCUT2D eigenvalue weighted by Crippen LogP contribution is -2.56. The molecule has 1 aromatic rings. The van der Waals surface area contributed by atoms with Crippen LogP contribution in [-0.4, -0.2) is 31.2 Å². The van der Waals surface area contributed by atoms with Crippen molar-refractivity contribution in [3.63, 3.8) is 0 Å². The lowest BCUT2D eigenvalue weighted by atomic mass is 9.94. The number of amides is 1. The van der Waals surface area contributed by atoms with E-state index in [4.69, 9.17) is 5.73 Å². The van der Waals surface area contributed by atoms with E-state index in [-0.39, 0.29) is 17.3 Å². The fourth-order valence-electron chi connectivity index (χ4n) is 3.69. The molecule has 7 heteroatoms. The number of carbonyl (C=O) groups is 1. The number of sulfone groups is 1. The summed E-state index contributed by atoms with van der Waals surface area (Å²) >= 11 is 0. The fourth-order valence-corrected chi connectivity index (χ4v) is 6.08. The molecule has 0 atom stereocenters. The lowest BCUT2D eigenvalue weighted by Gasteiger charge is -2.32. The first-order valence-electron chi connectivity index (χ1n) is 9.51.